The Morgan fingerprint density at radius 1 is 1.07 bits per heavy atom. The van der Waals surface area contributed by atoms with Crippen LogP contribution < -0.4 is 0 Å². The molecule has 0 bridgehead atoms. The normalized spacial score (nSPS) is 21.4. The second-order valence-corrected chi connectivity index (χ2v) is 8.11. The lowest BCUT2D eigenvalue weighted by Crippen LogP contribution is -2.42. The molecule has 0 radical (unpaired) electrons. The molecule has 0 saturated carbocycles. The summed E-state index contributed by atoms with van der Waals surface area (Å²) in [6.07, 6.45) is 0.704. The number of fused-ring (bicyclic) bond motifs is 3. The second-order valence-electron chi connectivity index (χ2n) is 8.11. The molecule has 0 aliphatic carbocycles. The molecule has 0 spiro atoms. The van der Waals surface area contributed by atoms with E-state index in [-0.39, 0.29) is 17.0 Å². The minimum atomic E-state index is -0.607. The van der Waals surface area contributed by atoms with Gasteiger partial charge in [-0.2, -0.15) is 0 Å². The predicted octanol–water partition coefficient (Wildman–Crippen LogP) is 5.55. The molecule has 3 aromatic rings. The molecule has 1 aromatic heterocycles. The highest BCUT2D eigenvalue weighted by Crippen LogP contribution is 2.51. The molecule has 0 fully saturated rings. The van der Waals surface area contributed by atoms with Crippen LogP contribution in [-0.2, 0) is 15.8 Å². The maximum absolute atomic E-state index is 14.2. The number of aromatic hydroxyl groups is 1. The van der Waals surface area contributed by atoms with E-state index in [0.717, 1.165) is 23.0 Å². The molecule has 0 amide bonds. The number of phenols is 1. The van der Waals surface area contributed by atoms with Gasteiger partial charge in [-0.15, -0.1) is 0 Å². The number of benzene rings is 2. The van der Waals surface area contributed by atoms with Crippen molar-refractivity contribution in [2.24, 2.45) is 0 Å². The fourth-order valence-electron chi connectivity index (χ4n) is 4.13. The Bertz CT molecular complexity index is 1040. The van der Waals surface area contributed by atoms with Crippen LogP contribution in [0.4, 0.5) is 8.78 Å². The van der Waals surface area contributed by atoms with Gasteiger partial charge in [0.25, 0.3) is 0 Å². The summed E-state index contributed by atoms with van der Waals surface area (Å²) in [5.74, 6) is -0.961. The summed E-state index contributed by atoms with van der Waals surface area (Å²) in [6.45, 7) is 8.65. The van der Waals surface area contributed by atoms with Gasteiger partial charge in [-0.25, -0.2) is 8.78 Å². The third-order valence-electron chi connectivity index (χ3n) is 5.69. The Kier molecular flexibility index (Phi) is 3.86. The molecule has 142 valence electrons. The summed E-state index contributed by atoms with van der Waals surface area (Å²) in [5, 5.41) is 11.2. The van der Waals surface area contributed by atoms with E-state index in [1.807, 2.05) is 18.4 Å². The molecule has 1 N–H and O–H groups in total. The molecule has 2 aromatic carbocycles. The molecule has 3 nitrogen and oxygen atoms in total. The fraction of sp³-hybridized carbons (Fsp3) is 0.364. The van der Waals surface area contributed by atoms with Crippen molar-refractivity contribution in [3.05, 3.63) is 59.3 Å². The summed E-state index contributed by atoms with van der Waals surface area (Å²) >= 11 is 0. The summed E-state index contributed by atoms with van der Waals surface area (Å²) in [4.78, 5) is 0. The molecule has 2 heterocycles. The highest BCUT2D eigenvalue weighted by atomic mass is 19.1. The quantitative estimate of drug-likeness (QED) is 0.641. The van der Waals surface area contributed by atoms with E-state index < -0.39 is 11.4 Å². The van der Waals surface area contributed by atoms with Gasteiger partial charge in [0.1, 0.15) is 17.4 Å². The van der Waals surface area contributed by atoms with Gasteiger partial charge in [-0.3, -0.25) is 0 Å². The summed E-state index contributed by atoms with van der Waals surface area (Å²) in [5.41, 5.74) is 2.13. The van der Waals surface area contributed by atoms with Crippen LogP contribution in [-0.4, -0.2) is 16.3 Å². The number of hydrogen-bond acceptors (Lipinski definition) is 2. The number of hydrogen-bond donors (Lipinski definition) is 1. The monoisotopic (exact) mass is 371 g/mol. The van der Waals surface area contributed by atoms with E-state index in [0.29, 0.717) is 23.9 Å². The average molecular weight is 371 g/mol. The maximum atomic E-state index is 14.2. The lowest BCUT2D eigenvalue weighted by molar-refractivity contribution is -0.0742. The van der Waals surface area contributed by atoms with Crippen molar-refractivity contribution in [2.45, 2.75) is 45.1 Å². The molecule has 27 heavy (non-hydrogen) atoms. The van der Waals surface area contributed by atoms with Crippen LogP contribution >= 0.6 is 0 Å². The first kappa shape index (κ1) is 18.0. The van der Waals surface area contributed by atoms with Crippen LogP contribution in [0.5, 0.6) is 5.75 Å². The zero-order chi connectivity index (χ0) is 19.6. The lowest BCUT2D eigenvalue weighted by atomic mass is 9.77. The number of aromatic nitrogens is 1. The van der Waals surface area contributed by atoms with Gasteiger partial charge in [0, 0.05) is 33.8 Å². The van der Waals surface area contributed by atoms with Crippen LogP contribution in [0.25, 0.3) is 16.6 Å². The number of halogens is 2. The molecule has 0 saturated heterocycles. The van der Waals surface area contributed by atoms with Gasteiger partial charge in [-0.1, -0.05) is 20.8 Å². The highest BCUT2D eigenvalue weighted by Gasteiger charge is 2.45. The molecule has 1 aliphatic heterocycles. The fourth-order valence-corrected chi connectivity index (χ4v) is 4.13. The van der Waals surface area contributed by atoms with Crippen LogP contribution in [0.1, 0.15) is 45.4 Å². The Hall–Kier alpha value is -2.40. The summed E-state index contributed by atoms with van der Waals surface area (Å²) in [6, 6.07) is 8.67. The van der Waals surface area contributed by atoms with Crippen molar-refractivity contribution in [2.75, 3.05) is 6.61 Å². The standard InChI is InChI=1S/C22H23F2NO2/c1-5-22(4)19-18-16(10-14(24)11-17(18)26)25(15-8-6-13(23)7-9-15)20(19)21(2,3)12-27-22/h6-11,26H,5,12H2,1-4H3. The minimum absolute atomic E-state index is 0.108. The van der Waals surface area contributed by atoms with E-state index in [4.69, 9.17) is 4.74 Å². The van der Waals surface area contributed by atoms with E-state index in [1.54, 1.807) is 12.1 Å². The van der Waals surface area contributed by atoms with Crippen LogP contribution in [0.15, 0.2) is 36.4 Å². The van der Waals surface area contributed by atoms with Crippen molar-refractivity contribution in [3.63, 3.8) is 0 Å². The van der Waals surface area contributed by atoms with Crippen LogP contribution in [0.2, 0.25) is 0 Å². The van der Waals surface area contributed by atoms with Crippen molar-refractivity contribution in [1.82, 2.24) is 4.57 Å². The SMILES string of the molecule is CCC1(C)OCC(C)(C)c2c1c1c(O)cc(F)cc1n2-c1ccc(F)cc1. The molecule has 5 heteroatoms. The molecule has 4 rings (SSSR count). The average Bonchev–Trinajstić information content (AvgIpc) is 2.97. The topological polar surface area (TPSA) is 34.4 Å². The second kappa shape index (κ2) is 5.80. The van der Waals surface area contributed by atoms with Crippen LogP contribution in [0.3, 0.4) is 0 Å². The highest BCUT2D eigenvalue weighted by molar-refractivity contribution is 5.94. The van der Waals surface area contributed by atoms with Crippen molar-refractivity contribution < 1.29 is 18.6 Å². The zero-order valence-electron chi connectivity index (χ0n) is 15.9. The van der Waals surface area contributed by atoms with Gasteiger partial charge in [0.15, 0.2) is 0 Å². The molecule has 1 unspecified atom stereocenters. The minimum Gasteiger partial charge on any atom is -0.507 e. The Morgan fingerprint density at radius 3 is 2.37 bits per heavy atom. The van der Waals surface area contributed by atoms with Crippen LogP contribution in [0, 0.1) is 11.6 Å². The van der Waals surface area contributed by atoms with Crippen molar-refractivity contribution >= 4 is 10.9 Å². The predicted molar refractivity (Wildman–Crippen MR) is 101 cm³/mol. The first-order chi connectivity index (χ1) is 12.7. The van der Waals surface area contributed by atoms with E-state index in [1.165, 1.54) is 18.2 Å². The largest absolute Gasteiger partial charge is 0.507 e. The van der Waals surface area contributed by atoms with Gasteiger partial charge >= 0.3 is 0 Å². The smallest absolute Gasteiger partial charge is 0.129 e. The number of rotatable bonds is 2. The first-order valence-corrected chi connectivity index (χ1v) is 9.16. The summed E-state index contributed by atoms with van der Waals surface area (Å²) in [7, 11) is 0. The number of phenolic OH excluding ortho intramolecular Hbond substituents is 1. The Balaban J connectivity index is 2.22. The number of nitrogens with zero attached hydrogens (tertiary/aromatic N) is 1. The molecule has 1 aliphatic rings. The van der Waals surface area contributed by atoms with Crippen molar-refractivity contribution in [3.8, 4) is 11.4 Å². The van der Waals surface area contributed by atoms with Gasteiger partial charge in [-0.05, 0) is 43.7 Å². The first-order valence-electron chi connectivity index (χ1n) is 9.16. The third kappa shape index (κ3) is 2.56. The Labute approximate surface area is 157 Å². The van der Waals surface area contributed by atoms with E-state index >= 15 is 0 Å². The zero-order valence-corrected chi connectivity index (χ0v) is 15.9. The maximum Gasteiger partial charge on any atom is 0.129 e. The molecular formula is C22H23F2NO2. The summed E-state index contributed by atoms with van der Waals surface area (Å²) < 4.78 is 35.9. The molecular weight excluding hydrogens is 348 g/mol. The van der Waals surface area contributed by atoms with E-state index in [9.17, 15) is 13.9 Å². The molecule has 1 atom stereocenters. The van der Waals surface area contributed by atoms with Gasteiger partial charge < -0.3 is 14.4 Å². The van der Waals surface area contributed by atoms with Crippen molar-refractivity contribution in [1.29, 1.82) is 0 Å². The lowest BCUT2D eigenvalue weighted by Gasteiger charge is -2.42. The Morgan fingerprint density at radius 2 is 1.74 bits per heavy atom. The number of ether oxygens (including phenoxy) is 1. The van der Waals surface area contributed by atoms with Gasteiger partial charge in [0.2, 0.25) is 0 Å². The van der Waals surface area contributed by atoms with Gasteiger partial charge in [0.05, 0.1) is 17.7 Å². The third-order valence-corrected chi connectivity index (χ3v) is 5.69. The van der Waals surface area contributed by atoms with E-state index in [2.05, 4.69) is 13.8 Å².